The molecule has 3 nitrogen and oxygen atoms in total. The number of carbonyl (C=O) groups is 1. The summed E-state index contributed by atoms with van der Waals surface area (Å²) in [5.74, 6) is 1.59. The van der Waals surface area contributed by atoms with Crippen molar-refractivity contribution in [2.75, 3.05) is 20.1 Å². The van der Waals surface area contributed by atoms with E-state index in [-0.39, 0.29) is 5.91 Å². The van der Waals surface area contributed by atoms with Crippen LogP contribution < -0.4 is 5.32 Å². The number of nitrogens with zero attached hydrogens (tertiary/aromatic N) is 1. The number of carbonyl (C=O) groups excluding carboxylic acids is 1. The summed E-state index contributed by atoms with van der Waals surface area (Å²) in [6, 6.07) is 11.4. The van der Waals surface area contributed by atoms with Crippen molar-refractivity contribution in [2.45, 2.75) is 38.1 Å². The van der Waals surface area contributed by atoms with Gasteiger partial charge in [-0.3, -0.25) is 4.79 Å². The van der Waals surface area contributed by atoms with Gasteiger partial charge in [-0.1, -0.05) is 30.3 Å². The highest BCUT2D eigenvalue weighted by Crippen LogP contribution is 2.38. The Morgan fingerprint density at radius 2 is 1.95 bits per heavy atom. The molecular weight excluding hydrogens is 260 g/mol. The van der Waals surface area contributed by atoms with E-state index in [4.69, 9.17) is 0 Å². The van der Waals surface area contributed by atoms with Crippen molar-refractivity contribution in [3.8, 4) is 0 Å². The lowest BCUT2D eigenvalue weighted by Gasteiger charge is -2.24. The summed E-state index contributed by atoms with van der Waals surface area (Å²) in [5, 5.41) is 3.02. The van der Waals surface area contributed by atoms with E-state index >= 15 is 0 Å². The van der Waals surface area contributed by atoms with E-state index in [1.165, 1.54) is 24.8 Å². The molecule has 0 radical (unpaired) electrons. The van der Waals surface area contributed by atoms with Crippen LogP contribution in [0.4, 0.5) is 0 Å². The SMILES string of the molecule is CN(CCCc1ccccc1)[C@H]1C[C@H]2CNC(=O)C[C@H]2C1. The third kappa shape index (κ3) is 3.65. The van der Waals surface area contributed by atoms with Crippen molar-refractivity contribution >= 4 is 5.91 Å². The second kappa shape index (κ2) is 6.61. The average Bonchev–Trinajstić information content (AvgIpc) is 2.91. The molecule has 3 atom stereocenters. The third-order valence-corrected chi connectivity index (χ3v) is 5.27. The first kappa shape index (κ1) is 14.6. The van der Waals surface area contributed by atoms with Crippen molar-refractivity contribution in [1.82, 2.24) is 10.2 Å². The molecule has 1 aromatic carbocycles. The number of hydrogen-bond acceptors (Lipinski definition) is 2. The molecule has 1 aromatic rings. The second-order valence-electron chi connectivity index (χ2n) is 6.72. The Balaban J connectivity index is 1.44. The molecule has 1 aliphatic heterocycles. The maximum absolute atomic E-state index is 11.5. The minimum Gasteiger partial charge on any atom is -0.356 e. The summed E-state index contributed by atoms with van der Waals surface area (Å²) >= 11 is 0. The molecule has 21 heavy (non-hydrogen) atoms. The van der Waals surface area contributed by atoms with Crippen LogP contribution in [0.15, 0.2) is 30.3 Å². The van der Waals surface area contributed by atoms with Gasteiger partial charge >= 0.3 is 0 Å². The standard InChI is InChI=1S/C18H26N2O/c1-20(9-5-8-14-6-3-2-4-7-14)17-10-15-12-18(21)19-13-16(15)11-17/h2-4,6-7,15-17H,5,8-13H2,1H3,(H,19,21)/t15-,16+,17-/m1/s1. The topological polar surface area (TPSA) is 32.3 Å². The second-order valence-corrected chi connectivity index (χ2v) is 6.72. The van der Waals surface area contributed by atoms with Gasteiger partial charge < -0.3 is 10.2 Å². The maximum Gasteiger partial charge on any atom is 0.220 e. The zero-order valence-corrected chi connectivity index (χ0v) is 12.9. The van der Waals surface area contributed by atoms with Crippen LogP contribution in [0.1, 0.15) is 31.2 Å². The molecule has 1 saturated carbocycles. The summed E-state index contributed by atoms with van der Waals surface area (Å²) in [6.07, 6.45) is 5.58. The van der Waals surface area contributed by atoms with Gasteiger partial charge in [0, 0.05) is 19.0 Å². The molecule has 2 fully saturated rings. The van der Waals surface area contributed by atoms with Crippen molar-refractivity contribution in [3.63, 3.8) is 0 Å². The van der Waals surface area contributed by atoms with E-state index in [2.05, 4.69) is 47.6 Å². The molecule has 114 valence electrons. The van der Waals surface area contributed by atoms with Crippen molar-refractivity contribution in [1.29, 1.82) is 0 Å². The molecule has 0 aromatic heterocycles. The smallest absolute Gasteiger partial charge is 0.220 e. The largest absolute Gasteiger partial charge is 0.356 e. The summed E-state index contributed by atoms with van der Waals surface area (Å²) < 4.78 is 0. The average molecular weight is 286 g/mol. The summed E-state index contributed by atoms with van der Waals surface area (Å²) in [7, 11) is 2.25. The number of nitrogens with one attached hydrogen (secondary N) is 1. The molecule has 2 aliphatic rings. The molecule has 0 bridgehead atoms. The Hall–Kier alpha value is -1.35. The van der Waals surface area contributed by atoms with Gasteiger partial charge in [-0.2, -0.15) is 0 Å². The zero-order chi connectivity index (χ0) is 14.7. The van der Waals surface area contributed by atoms with E-state index in [9.17, 15) is 4.79 Å². The number of piperidine rings is 1. The lowest BCUT2D eigenvalue weighted by molar-refractivity contribution is -0.124. The zero-order valence-electron chi connectivity index (χ0n) is 12.9. The Labute approximate surface area is 127 Å². The fourth-order valence-corrected chi connectivity index (χ4v) is 3.96. The fraction of sp³-hybridized carbons (Fsp3) is 0.611. The molecule has 1 aliphatic carbocycles. The van der Waals surface area contributed by atoms with Gasteiger partial charge in [0.05, 0.1) is 0 Å². The lowest BCUT2D eigenvalue weighted by Crippen LogP contribution is -2.38. The predicted octanol–water partition coefficient (Wildman–Crippen LogP) is 2.47. The third-order valence-electron chi connectivity index (χ3n) is 5.27. The highest BCUT2D eigenvalue weighted by atomic mass is 16.1. The van der Waals surface area contributed by atoms with E-state index in [0.29, 0.717) is 17.9 Å². The number of amides is 1. The molecule has 0 spiro atoms. The number of hydrogen-bond donors (Lipinski definition) is 1. The highest BCUT2D eigenvalue weighted by Gasteiger charge is 2.39. The first-order valence-electron chi connectivity index (χ1n) is 8.23. The molecule has 1 N–H and O–H groups in total. The highest BCUT2D eigenvalue weighted by molar-refractivity contribution is 5.77. The number of rotatable bonds is 5. The van der Waals surface area contributed by atoms with Crippen LogP contribution in [-0.4, -0.2) is 37.0 Å². The van der Waals surface area contributed by atoms with Gasteiger partial charge in [-0.15, -0.1) is 0 Å². The van der Waals surface area contributed by atoms with Gasteiger partial charge in [-0.05, 0) is 56.7 Å². The minimum atomic E-state index is 0.253. The van der Waals surface area contributed by atoms with Gasteiger partial charge in [-0.25, -0.2) is 0 Å². The summed E-state index contributed by atoms with van der Waals surface area (Å²) in [4.78, 5) is 14.0. The van der Waals surface area contributed by atoms with Gasteiger partial charge in [0.1, 0.15) is 0 Å². The number of fused-ring (bicyclic) bond motifs is 1. The van der Waals surface area contributed by atoms with E-state index < -0.39 is 0 Å². The maximum atomic E-state index is 11.5. The van der Waals surface area contributed by atoms with E-state index in [1.54, 1.807) is 0 Å². The number of benzene rings is 1. The van der Waals surface area contributed by atoms with Crippen molar-refractivity contribution in [2.24, 2.45) is 11.8 Å². The van der Waals surface area contributed by atoms with E-state index in [1.807, 2.05) is 0 Å². The van der Waals surface area contributed by atoms with Crippen LogP contribution in [0.25, 0.3) is 0 Å². The molecule has 1 heterocycles. The Morgan fingerprint density at radius 3 is 2.76 bits per heavy atom. The monoisotopic (exact) mass is 286 g/mol. The van der Waals surface area contributed by atoms with Gasteiger partial charge in [0.25, 0.3) is 0 Å². The lowest BCUT2D eigenvalue weighted by atomic mass is 9.89. The predicted molar refractivity (Wildman–Crippen MR) is 85.0 cm³/mol. The first-order chi connectivity index (χ1) is 10.2. The molecule has 0 unspecified atom stereocenters. The Kier molecular flexibility index (Phi) is 4.59. The normalized spacial score (nSPS) is 28.5. The molecule has 3 heteroatoms. The van der Waals surface area contributed by atoms with Crippen LogP contribution in [0.5, 0.6) is 0 Å². The van der Waals surface area contributed by atoms with Crippen LogP contribution >= 0.6 is 0 Å². The Bertz CT molecular complexity index is 473. The number of aryl methyl sites for hydroxylation is 1. The van der Waals surface area contributed by atoms with Crippen molar-refractivity contribution < 1.29 is 4.79 Å². The van der Waals surface area contributed by atoms with Crippen LogP contribution in [0.2, 0.25) is 0 Å². The fourth-order valence-electron chi connectivity index (χ4n) is 3.96. The summed E-state index contributed by atoms with van der Waals surface area (Å²) in [5.41, 5.74) is 1.43. The van der Waals surface area contributed by atoms with Crippen LogP contribution in [-0.2, 0) is 11.2 Å². The quantitative estimate of drug-likeness (QED) is 0.902. The first-order valence-corrected chi connectivity index (χ1v) is 8.23. The van der Waals surface area contributed by atoms with Crippen molar-refractivity contribution in [3.05, 3.63) is 35.9 Å². The molecule has 1 amide bonds. The van der Waals surface area contributed by atoms with Gasteiger partial charge in [0.15, 0.2) is 0 Å². The Morgan fingerprint density at radius 1 is 1.19 bits per heavy atom. The summed E-state index contributed by atoms with van der Waals surface area (Å²) in [6.45, 7) is 2.05. The van der Waals surface area contributed by atoms with E-state index in [0.717, 1.165) is 25.9 Å². The molecule has 3 rings (SSSR count). The molecular formula is C18H26N2O. The van der Waals surface area contributed by atoms with Crippen LogP contribution in [0.3, 0.4) is 0 Å². The molecule has 1 saturated heterocycles. The minimum absolute atomic E-state index is 0.253. The van der Waals surface area contributed by atoms with Crippen LogP contribution in [0, 0.1) is 11.8 Å². The van der Waals surface area contributed by atoms with Gasteiger partial charge in [0.2, 0.25) is 5.91 Å².